The third-order valence-electron chi connectivity index (χ3n) is 9.42. The number of thiophene rings is 1. The van der Waals surface area contributed by atoms with Crippen molar-refractivity contribution in [1.82, 2.24) is 14.5 Å². The van der Waals surface area contributed by atoms with Crippen LogP contribution in [0.2, 0.25) is 0 Å². The van der Waals surface area contributed by atoms with Gasteiger partial charge in [0.1, 0.15) is 5.82 Å². The van der Waals surface area contributed by atoms with Crippen LogP contribution in [-0.4, -0.2) is 14.5 Å². The normalized spacial score (nSPS) is 11.8. The molecule has 0 N–H and O–H groups in total. The highest BCUT2D eigenvalue weighted by molar-refractivity contribution is 7.26. The van der Waals surface area contributed by atoms with Gasteiger partial charge in [0.2, 0.25) is 0 Å². The Bertz CT molecular complexity index is 2810. The van der Waals surface area contributed by atoms with Gasteiger partial charge in [-0.3, -0.25) is 4.57 Å². The van der Waals surface area contributed by atoms with E-state index in [4.69, 9.17) is 9.97 Å². The number of rotatable bonds is 4. The van der Waals surface area contributed by atoms with E-state index in [0.29, 0.717) is 0 Å². The van der Waals surface area contributed by atoms with Crippen molar-refractivity contribution in [3.63, 3.8) is 0 Å². The maximum Gasteiger partial charge on any atom is 0.145 e. The first-order chi connectivity index (χ1) is 23.8. The number of hydrogen-bond acceptors (Lipinski definition) is 3. The second-order valence-electron chi connectivity index (χ2n) is 12.2. The summed E-state index contributed by atoms with van der Waals surface area (Å²) in [7, 11) is 0. The van der Waals surface area contributed by atoms with Crippen molar-refractivity contribution < 1.29 is 0 Å². The summed E-state index contributed by atoms with van der Waals surface area (Å²) in [5.74, 6) is 0.936. The molecule has 0 saturated carbocycles. The smallest absolute Gasteiger partial charge is 0.145 e. The summed E-state index contributed by atoms with van der Waals surface area (Å²) < 4.78 is 4.88. The lowest BCUT2D eigenvalue weighted by Crippen LogP contribution is -1.97. The zero-order chi connectivity index (χ0) is 31.6. The predicted molar refractivity (Wildman–Crippen MR) is 203 cm³/mol. The zero-order valence-electron chi connectivity index (χ0n) is 25.8. The van der Waals surface area contributed by atoms with Crippen LogP contribution in [0.1, 0.15) is 0 Å². The maximum atomic E-state index is 5.23. The van der Waals surface area contributed by atoms with Gasteiger partial charge in [0.15, 0.2) is 0 Å². The van der Waals surface area contributed by atoms with Crippen LogP contribution in [0.3, 0.4) is 0 Å². The molecule has 4 heteroatoms. The van der Waals surface area contributed by atoms with Gasteiger partial charge < -0.3 is 0 Å². The number of nitrogens with zero attached hydrogens (tertiary/aromatic N) is 3. The lowest BCUT2D eigenvalue weighted by atomic mass is 9.96. The minimum Gasteiger partial charge on any atom is -0.292 e. The van der Waals surface area contributed by atoms with E-state index >= 15 is 0 Å². The molecule has 0 radical (unpaired) electrons. The standard InChI is InChI=1S/C44H27N3S/c1-2-10-32(11-3-1)47-39-16-8-7-15-38(39)46-44(47)31-24-20-29(21-25-31)28-18-22-30(23-19-28)42-36-27-26-34-33-12-5-9-17-40(33)48-43(34)41(36)35-13-4-6-14-37(35)45-42/h1-27H. The highest BCUT2D eigenvalue weighted by Gasteiger charge is 2.17. The number of fused-ring (bicyclic) bond motifs is 8. The van der Waals surface area contributed by atoms with Crippen molar-refractivity contribution in [2.24, 2.45) is 0 Å². The molecule has 0 aliphatic rings. The Balaban J connectivity index is 1.06. The molecule has 0 spiro atoms. The summed E-state index contributed by atoms with van der Waals surface area (Å²) in [5.41, 5.74) is 9.74. The minimum atomic E-state index is 0.936. The van der Waals surface area contributed by atoms with E-state index < -0.39 is 0 Å². The molecule has 3 aromatic heterocycles. The zero-order valence-corrected chi connectivity index (χ0v) is 26.7. The van der Waals surface area contributed by atoms with E-state index in [0.717, 1.165) is 50.4 Å². The van der Waals surface area contributed by atoms with Gasteiger partial charge in [-0.1, -0.05) is 127 Å². The van der Waals surface area contributed by atoms with Gasteiger partial charge in [-0.2, -0.15) is 0 Å². The van der Waals surface area contributed by atoms with Gasteiger partial charge in [0.05, 0.1) is 22.2 Å². The highest BCUT2D eigenvalue weighted by Crippen LogP contribution is 2.43. The average Bonchev–Trinajstić information content (AvgIpc) is 3.74. The summed E-state index contributed by atoms with van der Waals surface area (Å²) >= 11 is 1.88. The van der Waals surface area contributed by atoms with Crippen LogP contribution in [0.4, 0.5) is 0 Å². The largest absolute Gasteiger partial charge is 0.292 e. The molecule has 0 atom stereocenters. The third-order valence-corrected chi connectivity index (χ3v) is 10.6. The summed E-state index contributed by atoms with van der Waals surface area (Å²) in [6.07, 6.45) is 0. The molecular weight excluding hydrogens is 603 g/mol. The second kappa shape index (κ2) is 10.7. The molecule has 48 heavy (non-hydrogen) atoms. The van der Waals surface area contributed by atoms with E-state index in [9.17, 15) is 0 Å². The number of aromatic nitrogens is 3. The first kappa shape index (κ1) is 27.1. The average molecular weight is 630 g/mol. The van der Waals surface area contributed by atoms with Crippen LogP contribution >= 0.6 is 11.3 Å². The van der Waals surface area contributed by atoms with E-state index in [-0.39, 0.29) is 0 Å². The molecule has 0 unspecified atom stereocenters. The molecule has 10 rings (SSSR count). The second-order valence-corrected chi connectivity index (χ2v) is 13.2. The lowest BCUT2D eigenvalue weighted by Gasteiger charge is -2.12. The number of imidazole rings is 1. The molecule has 3 nitrogen and oxygen atoms in total. The predicted octanol–water partition coefficient (Wildman–Crippen LogP) is 12.1. The molecular formula is C44H27N3S. The van der Waals surface area contributed by atoms with Gasteiger partial charge >= 0.3 is 0 Å². The Morgan fingerprint density at radius 2 is 1.02 bits per heavy atom. The van der Waals surface area contributed by atoms with Crippen LogP contribution in [0, 0.1) is 0 Å². The van der Waals surface area contributed by atoms with Crippen LogP contribution in [0.5, 0.6) is 0 Å². The number of para-hydroxylation sites is 4. The fourth-order valence-electron chi connectivity index (χ4n) is 7.13. The van der Waals surface area contributed by atoms with E-state index in [2.05, 4.69) is 156 Å². The molecule has 0 saturated heterocycles. The SMILES string of the molecule is c1ccc(-n2c(-c3ccc(-c4ccc(-c5nc6ccccc6c6c5ccc5c7ccccc7sc56)cc4)cc3)nc3ccccc32)cc1. The molecule has 0 amide bonds. The number of pyridine rings is 1. The van der Waals surface area contributed by atoms with E-state index in [1.165, 1.54) is 41.9 Å². The van der Waals surface area contributed by atoms with Gasteiger partial charge in [-0.15, -0.1) is 11.3 Å². The van der Waals surface area contributed by atoms with Gasteiger partial charge in [0.25, 0.3) is 0 Å². The minimum absolute atomic E-state index is 0.936. The van der Waals surface area contributed by atoms with Gasteiger partial charge in [0, 0.05) is 53.1 Å². The first-order valence-corrected chi connectivity index (χ1v) is 17.0. The molecule has 0 bridgehead atoms. The molecule has 0 fully saturated rings. The van der Waals surface area contributed by atoms with E-state index in [1.54, 1.807) is 0 Å². The van der Waals surface area contributed by atoms with Crippen LogP contribution in [0.15, 0.2) is 164 Å². The highest BCUT2D eigenvalue weighted by atomic mass is 32.1. The molecule has 0 aliphatic heterocycles. The maximum absolute atomic E-state index is 5.23. The van der Waals surface area contributed by atoms with E-state index in [1.807, 2.05) is 23.5 Å². The number of hydrogen-bond donors (Lipinski definition) is 0. The van der Waals surface area contributed by atoms with Gasteiger partial charge in [-0.05, 0) is 47.5 Å². The van der Waals surface area contributed by atoms with Crippen molar-refractivity contribution in [3.8, 4) is 39.5 Å². The van der Waals surface area contributed by atoms with Gasteiger partial charge in [-0.25, -0.2) is 9.97 Å². The Morgan fingerprint density at radius 1 is 0.417 bits per heavy atom. The Hall–Kier alpha value is -6.10. The van der Waals surface area contributed by atoms with Crippen molar-refractivity contribution in [2.45, 2.75) is 0 Å². The third kappa shape index (κ3) is 4.20. The molecule has 7 aromatic carbocycles. The summed E-state index contributed by atoms with van der Waals surface area (Å²) in [6, 6.07) is 58.2. The van der Waals surface area contributed by atoms with Crippen LogP contribution < -0.4 is 0 Å². The molecule has 0 aliphatic carbocycles. The molecule has 224 valence electrons. The van der Waals surface area contributed by atoms with Crippen molar-refractivity contribution in [2.75, 3.05) is 0 Å². The summed E-state index contributed by atoms with van der Waals surface area (Å²) in [4.78, 5) is 10.3. The van der Waals surface area contributed by atoms with Crippen LogP contribution in [0.25, 0.3) is 92.3 Å². The topological polar surface area (TPSA) is 30.7 Å². The summed E-state index contributed by atoms with van der Waals surface area (Å²) in [6.45, 7) is 0. The van der Waals surface area contributed by atoms with Crippen molar-refractivity contribution >= 4 is 64.2 Å². The number of benzene rings is 7. The fourth-order valence-corrected chi connectivity index (χ4v) is 8.39. The van der Waals surface area contributed by atoms with Crippen molar-refractivity contribution in [1.29, 1.82) is 0 Å². The van der Waals surface area contributed by atoms with Crippen LogP contribution in [-0.2, 0) is 0 Å². The Morgan fingerprint density at radius 3 is 1.81 bits per heavy atom. The molecule has 3 heterocycles. The monoisotopic (exact) mass is 629 g/mol. The first-order valence-electron chi connectivity index (χ1n) is 16.2. The summed E-state index contributed by atoms with van der Waals surface area (Å²) in [5, 5.41) is 6.30. The Kier molecular flexibility index (Phi) is 6.05. The fraction of sp³-hybridized carbons (Fsp3) is 0. The lowest BCUT2D eigenvalue weighted by molar-refractivity contribution is 1.10. The Labute approximate surface area is 281 Å². The quantitative estimate of drug-likeness (QED) is 0.181. The molecule has 10 aromatic rings. The van der Waals surface area contributed by atoms with Crippen molar-refractivity contribution in [3.05, 3.63) is 164 Å².